The minimum absolute atomic E-state index is 0.188. The van der Waals surface area contributed by atoms with Gasteiger partial charge in [0.15, 0.2) is 0 Å². The molecule has 0 unspecified atom stereocenters. The van der Waals surface area contributed by atoms with Crippen molar-refractivity contribution in [3.05, 3.63) is 52.5 Å². The number of fused-ring (bicyclic) bond motifs is 1. The predicted octanol–water partition coefficient (Wildman–Crippen LogP) is 4.72. The predicted molar refractivity (Wildman–Crippen MR) is 107 cm³/mol. The molecule has 0 atom stereocenters. The molecule has 0 spiro atoms. The molecule has 0 radical (unpaired) electrons. The Morgan fingerprint density at radius 3 is 2.69 bits per heavy atom. The second kappa shape index (κ2) is 6.88. The fraction of sp³-hybridized carbons (Fsp3) is 0.429. The summed E-state index contributed by atoms with van der Waals surface area (Å²) in [6.45, 7) is 7.95. The smallest absolute Gasteiger partial charge is 0.264 e. The highest BCUT2D eigenvalue weighted by Gasteiger charge is 2.34. The molecular weight excluding hydrogens is 342 g/mol. The van der Waals surface area contributed by atoms with E-state index in [0.717, 1.165) is 46.7 Å². The SMILES string of the molecule is Cc1nn(Cc2ccccc2)c2sc(C(=O)N(CC(C)C)C3CC3)cc12. The van der Waals surface area contributed by atoms with Gasteiger partial charge in [-0.05, 0) is 37.3 Å². The average molecular weight is 368 g/mol. The summed E-state index contributed by atoms with van der Waals surface area (Å²) in [5.74, 6) is 0.678. The van der Waals surface area contributed by atoms with Crippen LogP contribution in [0.25, 0.3) is 10.2 Å². The Kier molecular flexibility index (Phi) is 4.57. The summed E-state index contributed by atoms with van der Waals surface area (Å²) >= 11 is 1.58. The molecule has 0 aliphatic heterocycles. The lowest BCUT2D eigenvalue weighted by molar-refractivity contribution is 0.0727. The van der Waals surface area contributed by atoms with Crippen molar-refractivity contribution < 1.29 is 4.79 Å². The number of nitrogens with zero attached hydrogens (tertiary/aromatic N) is 3. The number of aromatic nitrogens is 2. The molecule has 0 N–H and O–H groups in total. The maximum absolute atomic E-state index is 13.1. The molecule has 136 valence electrons. The summed E-state index contributed by atoms with van der Waals surface area (Å²) < 4.78 is 2.03. The number of hydrogen-bond donors (Lipinski definition) is 0. The van der Waals surface area contributed by atoms with Crippen molar-refractivity contribution in [2.45, 2.75) is 46.2 Å². The average Bonchev–Trinajstić information content (AvgIpc) is 3.29. The van der Waals surface area contributed by atoms with Crippen LogP contribution in [0.4, 0.5) is 0 Å². The molecule has 4 rings (SSSR count). The van der Waals surface area contributed by atoms with E-state index in [0.29, 0.717) is 12.0 Å². The number of carbonyl (C=O) groups excluding carboxylic acids is 1. The fourth-order valence-electron chi connectivity index (χ4n) is 3.40. The molecule has 5 heteroatoms. The van der Waals surface area contributed by atoms with Gasteiger partial charge in [-0.3, -0.25) is 9.48 Å². The zero-order chi connectivity index (χ0) is 18.3. The standard InChI is InChI=1S/C21H25N3OS/c1-14(2)12-23(17-9-10-17)20(25)19-11-18-15(3)22-24(21(18)26-19)13-16-7-5-4-6-8-16/h4-8,11,14,17H,9-10,12-13H2,1-3H3. The maximum Gasteiger partial charge on any atom is 0.264 e. The number of carbonyl (C=O) groups is 1. The van der Waals surface area contributed by atoms with Gasteiger partial charge < -0.3 is 4.90 Å². The summed E-state index contributed by atoms with van der Waals surface area (Å²) in [5, 5.41) is 5.79. The molecule has 1 amide bonds. The van der Waals surface area contributed by atoms with Crippen LogP contribution in [-0.4, -0.2) is 33.2 Å². The number of thiophene rings is 1. The Bertz CT molecular complexity index is 922. The summed E-state index contributed by atoms with van der Waals surface area (Å²) in [6, 6.07) is 12.8. The highest BCUT2D eigenvalue weighted by atomic mass is 32.1. The zero-order valence-electron chi connectivity index (χ0n) is 15.6. The molecule has 1 aromatic carbocycles. The van der Waals surface area contributed by atoms with Crippen molar-refractivity contribution in [3.8, 4) is 0 Å². The molecule has 1 saturated carbocycles. The molecule has 4 nitrogen and oxygen atoms in total. The molecule has 1 fully saturated rings. The summed E-state index contributed by atoms with van der Waals surface area (Å²) in [7, 11) is 0. The Morgan fingerprint density at radius 2 is 2.04 bits per heavy atom. The first-order chi connectivity index (χ1) is 12.5. The van der Waals surface area contributed by atoms with Crippen LogP contribution < -0.4 is 0 Å². The molecule has 26 heavy (non-hydrogen) atoms. The summed E-state index contributed by atoms with van der Waals surface area (Å²) in [6.07, 6.45) is 2.29. The van der Waals surface area contributed by atoms with Crippen molar-refractivity contribution in [1.82, 2.24) is 14.7 Å². The molecule has 3 aromatic rings. The van der Waals surface area contributed by atoms with Crippen molar-refractivity contribution in [2.24, 2.45) is 5.92 Å². The largest absolute Gasteiger partial charge is 0.335 e. The molecule has 2 aromatic heterocycles. The molecule has 0 saturated heterocycles. The van der Waals surface area contributed by atoms with Gasteiger partial charge in [-0.25, -0.2) is 0 Å². The third-order valence-corrected chi connectivity index (χ3v) is 5.94. The van der Waals surface area contributed by atoms with Crippen molar-refractivity contribution >= 4 is 27.5 Å². The van der Waals surface area contributed by atoms with E-state index in [4.69, 9.17) is 0 Å². The van der Waals surface area contributed by atoms with Gasteiger partial charge in [0.05, 0.1) is 17.1 Å². The Hall–Kier alpha value is -2.14. The lowest BCUT2D eigenvalue weighted by atomic mass is 10.2. The van der Waals surface area contributed by atoms with Gasteiger partial charge in [0.1, 0.15) is 4.83 Å². The maximum atomic E-state index is 13.1. The first-order valence-corrected chi connectivity index (χ1v) is 10.2. The van der Waals surface area contributed by atoms with E-state index < -0.39 is 0 Å². The van der Waals surface area contributed by atoms with Crippen LogP contribution in [0.3, 0.4) is 0 Å². The minimum atomic E-state index is 0.188. The van der Waals surface area contributed by atoms with Gasteiger partial charge in [0, 0.05) is 18.0 Å². The summed E-state index contributed by atoms with van der Waals surface area (Å²) in [5.41, 5.74) is 2.21. The van der Waals surface area contributed by atoms with E-state index in [1.807, 2.05) is 35.9 Å². The lowest BCUT2D eigenvalue weighted by Crippen LogP contribution is -2.35. The molecular formula is C21H25N3OS. The van der Waals surface area contributed by atoms with Crippen LogP contribution in [0.1, 0.15) is 47.6 Å². The number of aryl methyl sites for hydroxylation is 1. The zero-order valence-corrected chi connectivity index (χ0v) is 16.4. The number of rotatable bonds is 6. The van der Waals surface area contributed by atoms with Crippen LogP contribution >= 0.6 is 11.3 Å². The van der Waals surface area contributed by atoms with Crippen LogP contribution in [0, 0.1) is 12.8 Å². The van der Waals surface area contributed by atoms with Gasteiger partial charge in [-0.15, -0.1) is 11.3 Å². The molecule has 0 bridgehead atoms. The van der Waals surface area contributed by atoms with Crippen LogP contribution in [0.5, 0.6) is 0 Å². The third-order valence-electron chi connectivity index (χ3n) is 4.80. The fourth-order valence-corrected chi connectivity index (χ4v) is 4.52. The monoisotopic (exact) mass is 367 g/mol. The topological polar surface area (TPSA) is 38.1 Å². The van der Waals surface area contributed by atoms with E-state index in [-0.39, 0.29) is 5.91 Å². The van der Waals surface area contributed by atoms with Gasteiger partial charge in [-0.1, -0.05) is 44.2 Å². The van der Waals surface area contributed by atoms with Gasteiger partial charge in [0.25, 0.3) is 5.91 Å². The van der Waals surface area contributed by atoms with E-state index >= 15 is 0 Å². The van der Waals surface area contributed by atoms with Gasteiger partial charge in [0.2, 0.25) is 0 Å². The van der Waals surface area contributed by atoms with Crippen LogP contribution in [0.15, 0.2) is 36.4 Å². The highest BCUT2D eigenvalue weighted by Crippen LogP contribution is 2.33. The normalized spacial score (nSPS) is 14.3. The Balaban J connectivity index is 1.65. The summed E-state index contributed by atoms with van der Waals surface area (Å²) in [4.78, 5) is 17.1. The van der Waals surface area contributed by atoms with Gasteiger partial charge >= 0.3 is 0 Å². The van der Waals surface area contributed by atoms with E-state index in [1.165, 1.54) is 5.56 Å². The van der Waals surface area contributed by atoms with Crippen LogP contribution in [0.2, 0.25) is 0 Å². The van der Waals surface area contributed by atoms with Crippen LogP contribution in [-0.2, 0) is 6.54 Å². The second-order valence-electron chi connectivity index (χ2n) is 7.64. The molecule has 2 heterocycles. The van der Waals surface area contributed by atoms with Crippen molar-refractivity contribution in [1.29, 1.82) is 0 Å². The lowest BCUT2D eigenvalue weighted by Gasteiger charge is -2.23. The van der Waals surface area contributed by atoms with Crippen molar-refractivity contribution in [2.75, 3.05) is 6.54 Å². The number of benzene rings is 1. The first-order valence-electron chi connectivity index (χ1n) is 9.34. The first kappa shape index (κ1) is 17.3. The quantitative estimate of drug-likeness (QED) is 0.632. The van der Waals surface area contributed by atoms with Crippen molar-refractivity contribution in [3.63, 3.8) is 0 Å². The van der Waals surface area contributed by atoms with E-state index in [2.05, 4.69) is 36.0 Å². The van der Waals surface area contributed by atoms with E-state index in [1.54, 1.807) is 11.3 Å². The molecule has 1 aliphatic carbocycles. The third kappa shape index (κ3) is 3.40. The Morgan fingerprint density at radius 1 is 1.31 bits per heavy atom. The number of amides is 1. The number of hydrogen-bond acceptors (Lipinski definition) is 3. The highest BCUT2D eigenvalue weighted by molar-refractivity contribution is 7.20. The Labute approximate surface area is 158 Å². The molecule has 1 aliphatic rings. The second-order valence-corrected chi connectivity index (χ2v) is 8.67. The minimum Gasteiger partial charge on any atom is -0.335 e. The van der Waals surface area contributed by atoms with E-state index in [9.17, 15) is 4.79 Å². The van der Waals surface area contributed by atoms with Gasteiger partial charge in [-0.2, -0.15) is 5.10 Å².